The van der Waals surface area contributed by atoms with Gasteiger partial charge in [0.2, 0.25) is 0 Å². The van der Waals surface area contributed by atoms with Crippen LogP contribution >= 0.6 is 11.6 Å². The van der Waals surface area contributed by atoms with Gasteiger partial charge in [0.15, 0.2) is 5.58 Å². The van der Waals surface area contributed by atoms with E-state index in [4.69, 9.17) is 20.8 Å². The van der Waals surface area contributed by atoms with Gasteiger partial charge in [-0.2, -0.15) is 0 Å². The number of benzene rings is 2. The molecule has 11 heteroatoms. The van der Waals surface area contributed by atoms with Gasteiger partial charge in [0.1, 0.15) is 5.82 Å². The van der Waals surface area contributed by atoms with E-state index in [2.05, 4.69) is 4.72 Å². The summed E-state index contributed by atoms with van der Waals surface area (Å²) in [6.07, 6.45) is 0.377. The lowest BCUT2D eigenvalue weighted by atomic mass is 10.1. The predicted molar refractivity (Wildman–Crippen MR) is 117 cm³/mol. The number of halogens is 2. The summed E-state index contributed by atoms with van der Waals surface area (Å²) in [6.45, 7) is 2.35. The summed E-state index contributed by atoms with van der Waals surface area (Å²) in [5, 5.41) is 0.796. The second kappa shape index (κ2) is 8.84. The Labute approximate surface area is 180 Å². The number of methoxy groups -OCH3 is 1. The van der Waals surface area contributed by atoms with Crippen molar-refractivity contribution >= 4 is 53.4 Å². The van der Waals surface area contributed by atoms with E-state index >= 15 is 0 Å². The first-order valence-corrected chi connectivity index (χ1v) is 11.5. The van der Waals surface area contributed by atoms with Gasteiger partial charge in [-0.3, -0.25) is 9.29 Å². The topological polar surface area (TPSA) is 90.5 Å². The standard InChI is InChI=1S/C19H20ClFN2O5SSi/c1-11(30)7-12-8-17-16(23(5-6-27-2)19(24)28-17)10-18(12)29(25,26)22-13-3-4-15(21)14(20)9-13/h3-4,8-10,22H,5-7,30H2,1-2H3. The second-order valence-corrected chi connectivity index (χ2v) is 10.1. The molecule has 0 bridgehead atoms. The number of hydrogen-bond acceptors (Lipinski definition) is 5. The number of nitrogens with one attached hydrogen (secondary N) is 1. The number of sulfonamides is 1. The fourth-order valence-electron chi connectivity index (χ4n) is 3.01. The van der Waals surface area contributed by atoms with Crippen molar-refractivity contribution in [2.75, 3.05) is 18.4 Å². The number of oxazole rings is 1. The minimum absolute atomic E-state index is 0.00610. The highest BCUT2D eigenvalue weighted by atomic mass is 35.5. The van der Waals surface area contributed by atoms with E-state index in [9.17, 15) is 17.6 Å². The van der Waals surface area contributed by atoms with Crippen molar-refractivity contribution in [1.29, 1.82) is 0 Å². The molecule has 1 N–H and O–H groups in total. The molecular weight excluding hydrogens is 451 g/mol. The Bertz CT molecular complexity index is 1290. The number of aromatic nitrogens is 1. The minimum Gasteiger partial charge on any atom is -0.408 e. The van der Waals surface area contributed by atoms with Gasteiger partial charge < -0.3 is 9.15 Å². The molecule has 0 unspecified atom stereocenters. The van der Waals surface area contributed by atoms with Crippen LogP contribution in [0.5, 0.6) is 0 Å². The summed E-state index contributed by atoms with van der Waals surface area (Å²) in [4.78, 5) is 12.2. The molecule has 0 fully saturated rings. The minimum atomic E-state index is -4.07. The van der Waals surface area contributed by atoms with Gasteiger partial charge in [-0.1, -0.05) is 16.8 Å². The molecule has 30 heavy (non-hydrogen) atoms. The molecule has 0 saturated heterocycles. The van der Waals surface area contributed by atoms with E-state index in [1.54, 1.807) is 15.9 Å². The van der Waals surface area contributed by atoms with Crippen molar-refractivity contribution in [3.63, 3.8) is 0 Å². The maximum atomic E-state index is 13.4. The van der Waals surface area contributed by atoms with E-state index in [0.717, 1.165) is 11.2 Å². The van der Waals surface area contributed by atoms with E-state index in [1.807, 2.05) is 6.92 Å². The lowest BCUT2D eigenvalue weighted by molar-refractivity contribution is 0.186. The van der Waals surface area contributed by atoms with Crippen LogP contribution in [-0.2, 0) is 27.7 Å². The van der Waals surface area contributed by atoms with Crippen LogP contribution in [0.2, 0.25) is 5.02 Å². The summed E-state index contributed by atoms with van der Waals surface area (Å²) in [5.41, 5.74) is 1.23. The molecule has 3 rings (SSSR count). The molecule has 3 aromatic rings. The largest absolute Gasteiger partial charge is 0.420 e. The van der Waals surface area contributed by atoms with Crippen LogP contribution in [0.25, 0.3) is 11.1 Å². The van der Waals surface area contributed by atoms with Crippen molar-refractivity contribution in [2.45, 2.75) is 24.8 Å². The Morgan fingerprint density at radius 2 is 2.07 bits per heavy atom. The highest BCUT2D eigenvalue weighted by Gasteiger charge is 2.23. The number of hydrogen-bond donors (Lipinski definition) is 1. The van der Waals surface area contributed by atoms with Gasteiger partial charge in [0.05, 0.1) is 34.3 Å². The number of ether oxygens (including phenoxy) is 1. The van der Waals surface area contributed by atoms with Crippen molar-refractivity contribution in [2.24, 2.45) is 0 Å². The third kappa shape index (κ3) is 4.72. The molecule has 0 amide bonds. The van der Waals surface area contributed by atoms with Crippen molar-refractivity contribution in [3.05, 3.63) is 57.3 Å². The molecule has 0 aliphatic rings. The van der Waals surface area contributed by atoms with Gasteiger partial charge >= 0.3 is 5.76 Å². The van der Waals surface area contributed by atoms with Crippen LogP contribution < -0.4 is 10.5 Å². The normalized spacial score (nSPS) is 11.7. The Morgan fingerprint density at radius 3 is 2.70 bits per heavy atom. The molecule has 0 radical (unpaired) electrons. The van der Waals surface area contributed by atoms with E-state index in [1.165, 1.54) is 29.9 Å². The van der Waals surface area contributed by atoms with Crippen LogP contribution in [0.4, 0.5) is 10.1 Å². The Hall–Kier alpha value is -2.27. The molecule has 0 aliphatic heterocycles. The van der Waals surface area contributed by atoms with E-state index in [0.29, 0.717) is 23.1 Å². The first kappa shape index (κ1) is 22.4. The Kier molecular flexibility index (Phi) is 6.61. The third-order valence-corrected chi connectivity index (χ3v) is 6.33. The summed E-state index contributed by atoms with van der Waals surface area (Å²) in [5.74, 6) is -1.25. The molecule has 2 aromatic carbocycles. The lowest BCUT2D eigenvalue weighted by Gasteiger charge is -2.14. The lowest BCUT2D eigenvalue weighted by Crippen LogP contribution is -2.18. The van der Waals surface area contributed by atoms with Crippen LogP contribution in [0.15, 0.2) is 44.4 Å². The SMILES string of the molecule is COCCn1c(=O)oc2cc(CC(C)=[SiH2])c(S(=O)(=O)Nc3ccc(F)c(Cl)c3)cc21. The fourth-order valence-corrected chi connectivity index (χ4v) is 4.75. The summed E-state index contributed by atoms with van der Waals surface area (Å²) in [7, 11) is -0.918. The maximum Gasteiger partial charge on any atom is 0.420 e. The van der Waals surface area contributed by atoms with Crippen LogP contribution in [0, 0.1) is 5.82 Å². The summed E-state index contributed by atoms with van der Waals surface area (Å²) >= 11 is 5.76. The highest BCUT2D eigenvalue weighted by molar-refractivity contribution is 7.92. The van der Waals surface area contributed by atoms with Crippen molar-refractivity contribution < 1.29 is 22.0 Å². The molecule has 1 heterocycles. The first-order chi connectivity index (χ1) is 14.1. The average molecular weight is 471 g/mol. The van der Waals surface area contributed by atoms with Gasteiger partial charge in [0, 0.05) is 7.11 Å². The van der Waals surface area contributed by atoms with E-state index < -0.39 is 21.6 Å². The Morgan fingerprint density at radius 1 is 1.33 bits per heavy atom. The van der Waals surface area contributed by atoms with Crippen molar-refractivity contribution in [1.82, 2.24) is 4.57 Å². The Balaban J connectivity index is 2.15. The van der Waals surface area contributed by atoms with Gasteiger partial charge in [-0.05, 0) is 59.1 Å². The predicted octanol–water partition coefficient (Wildman–Crippen LogP) is 2.20. The zero-order valence-corrected chi connectivity index (χ0v) is 19.4. The molecule has 160 valence electrons. The number of rotatable bonds is 8. The first-order valence-electron chi connectivity index (χ1n) is 8.90. The van der Waals surface area contributed by atoms with Crippen LogP contribution in [0.1, 0.15) is 12.5 Å². The van der Waals surface area contributed by atoms with E-state index in [-0.39, 0.29) is 28.8 Å². The summed E-state index contributed by atoms with van der Waals surface area (Å²) < 4.78 is 53.8. The second-order valence-electron chi connectivity index (χ2n) is 6.81. The zero-order valence-electron chi connectivity index (χ0n) is 16.4. The molecule has 0 saturated carbocycles. The fraction of sp³-hybridized carbons (Fsp3) is 0.263. The molecular formula is C19H20ClFN2O5SSi. The van der Waals surface area contributed by atoms with Gasteiger partial charge in [-0.25, -0.2) is 17.6 Å². The van der Waals surface area contributed by atoms with Gasteiger partial charge in [0.25, 0.3) is 10.0 Å². The monoisotopic (exact) mass is 470 g/mol. The molecule has 7 nitrogen and oxygen atoms in total. The zero-order chi connectivity index (χ0) is 22.1. The number of anilines is 1. The van der Waals surface area contributed by atoms with Crippen LogP contribution in [0.3, 0.4) is 0 Å². The average Bonchev–Trinajstić information content (AvgIpc) is 2.95. The number of nitrogens with zero attached hydrogens (tertiary/aromatic N) is 1. The summed E-state index contributed by atoms with van der Waals surface area (Å²) in [6, 6.07) is 6.52. The molecule has 0 spiro atoms. The van der Waals surface area contributed by atoms with Crippen LogP contribution in [-0.4, -0.2) is 41.7 Å². The maximum absolute atomic E-state index is 13.4. The van der Waals surface area contributed by atoms with Crippen molar-refractivity contribution in [3.8, 4) is 0 Å². The smallest absolute Gasteiger partial charge is 0.408 e. The van der Waals surface area contributed by atoms with Gasteiger partial charge in [-0.15, -0.1) is 0 Å². The number of fused-ring (bicyclic) bond motifs is 1. The molecule has 1 aromatic heterocycles. The molecule has 0 atom stereocenters. The third-order valence-electron chi connectivity index (χ3n) is 4.32. The molecule has 0 aliphatic carbocycles. The highest BCUT2D eigenvalue weighted by Crippen LogP contribution is 2.27. The quantitative estimate of drug-likeness (QED) is 0.510.